The van der Waals surface area contributed by atoms with E-state index in [1.807, 2.05) is 20.8 Å². The SMILES string of the molecule is CC(C)(C)C(CCC(=O)O)CC(=O)O.CCNCC. The molecule has 0 fully saturated rings. The standard InChI is InChI=1S/C10H18O4.C4H11N/c1-10(2,3)7(6-9(13)14)4-5-8(11)12;1-3-5-4-2/h7H,4-6H2,1-3H3,(H,11,12)(H,13,14);5H,3-4H2,1-2H3. The average molecular weight is 275 g/mol. The van der Waals surface area contributed by atoms with Crippen molar-refractivity contribution in [2.75, 3.05) is 13.1 Å². The average Bonchev–Trinajstić information content (AvgIpc) is 2.24. The van der Waals surface area contributed by atoms with Gasteiger partial charge in [0, 0.05) is 12.8 Å². The molecule has 0 radical (unpaired) electrons. The van der Waals surface area contributed by atoms with Gasteiger partial charge in [-0.1, -0.05) is 34.6 Å². The lowest BCUT2D eigenvalue weighted by atomic mass is 9.76. The van der Waals surface area contributed by atoms with Gasteiger partial charge in [-0.2, -0.15) is 0 Å². The zero-order valence-electron chi connectivity index (χ0n) is 12.8. The van der Waals surface area contributed by atoms with Gasteiger partial charge in [0.1, 0.15) is 0 Å². The van der Waals surface area contributed by atoms with Crippen LogP contribution in [0.25, 0.3) is 0 Å². The third-order valence-electron chi connectivity index (χ3n) is 2.85. The van der Waals surface area contributed by atoms with Gasteiger partial charge in [-0.25, -0.2) is 0 Å². The van der Waals surface area contributed by atoms with Crippen molar-refractivity contribution in [3.63, 3.8) is 0 Å². The Bertz CT molecular complexity index is 257. The maximum Gasteiger partial charge on any atom is 0.303 e. The van der Waals surface area contributed by atoms with Crippen LogP contribution < -0.4 is 5.32 Å². The highest BCUT2D eigenvalue weighted by molar-refractivity contribution is 5.68. The number of rotatable bonds is 7. The van der Waals surface area contributed by atoms with Gasteiger partial charge in [-0.05, 0) is 30.8 Å². The van der Waals surface area contributed by atoms with Crippen LogP contribution >= 0.6 is 0 Å². The maximum atomic E-state index is 10.6. The van der Waals surface area contributed by atoms with E-state index < -0.39 is 11.9 Å². The first-order valence-corrected chi connectivity index (χ1v) is 6.79. The third kappa shape index (κ3) is 14.8. The molecule has 3 N–H and O–H groups in total. The van der Waals surface area contributed by atoms with E-state index in [0.29, 0.717) is 6.42 Å². The van der Waals surface area contributed by atoms with Crippen molar-refractivity contribution < 1.29 is 19.8 Å². The zero-order valence-corrected chi connectivity index (χ0v) is 12.8. The Hall–Kier alpha value is -1.10. The summed E-state index contributed by atoms with van der Waals surface area (Å²) in [7, 11) is 0. The van der Waals surface area contributed by atoms with Gasteiger partial charge in [-0.3, -0.25) is 9.59 Å². The van der Waals surface area contributed by atoms with Crippen LogP contribution in [0.4, 0.5) is 0 Å². The molecule has 5 heteroatoms. The van der Waals surface area contributed by atoms with Crippen molar-refractivity contribution in [3.05, 3.63) is 0 Å². The van der Waals surface area contributed by atoms with Gasteiger partial charge in [-0.15, -0.1) is 0 Å². The minimum absolute atomic E-state index is 0.0369. The quantitative estimate of drug-likeness (QED) is 0.665. The van der Waals surface area contributed by atoms with E-state index >= 15 is 0 Å². The molecule has 0 rings (SSSR count). The van der Waals surface area contributed by atoms with Crippen molar-refractivity contribution in [2.45, 2.75) is 53.9 Å². The topological polar surface area (TPSA) is 86.6 Å². The Balaban J connectivity index is 0. The van der Waals surface area contributed by atoms with Gasteiger partial charge in [0.05, 0.1) is 0 Å². The molecule has 0 bridgehead atoms. The summed E-state index contributed by atoms with van der Waals surface area (Å²) in [4.78, 5) is 20.9. The molecule has 0 heterocycles. The predicted octanol–water partition coefficient (Wildman–Crippen LogP) is 2.60. The predicted molar refractivity (Wildman–Crippen MR) is 76.3 cm³/mol. The largest absolute Gasteiger partial charge is 0.481 e. The summed E-state index contributed by atoms with van der Waals surface area (Å²) in [6.07, 6.45) is 0.497. The summed E-state index contributed by atoms with van der Waals surface area (Å²) in [5, 5.41) is 20.3. The maximum absolute atomic E-state index is 10.6. The minimum Gasteiger partial charge on any atom is -0.481 e. The Kier molecular flexibility index (Phi) is 11.5. The van der Waals surface area contributed by atoms with Crippen LogP contribution in [0.5, 0.6) is 0 Å². The summed E-state index contributed by atoms with van der Waals surface area (Å²) in [6, 6.07) is 0. The third-order valence-corrected chi connectivity index (χ3v) is 2.85. The normalized spacial score (nSPS) is 12.3. The van der Waals surface area contributed by atoms with E-state index in [-0.39, 0.29) is 24.2 Å². The Morgan fingerprint density at radius 1 is 1.05 bits per heavy atom. The number of nitrogens with one attached hydrogen (secondary N) is 1. The second-order valence-electron chi connectivity index (χ2n) is 5.55. The molecule has 0 aromatic heterocycles. The summed E-state index contributed by atoms with van der Waals surface area (Å²) < 4.78 is 0. The van der Waals surface area contributed by atoms with E-state index in [1.54, 1.807) is 0 Å². The highest BCUT2D eigenvalue weighted by Crippen LogP contribution is 2.32. The highest BCUT2D eigenvalue weighted by Gasteiger charge is 2.27. The van der Waals surface area contributed by atoms with Gasteiger partial charge < -0.3 is 15.5 Å². The van der Waals surface area contributed by atoms with E-state index in [1.165, 1.54) is 0 Å². The van der Waals surface area contributed by atoms with Gasteiger partial charge in [0.25, 0.3) is 0 Å². The van der Waals surface area contributed by atoms with Crippen LogP contribution in [0.2, 0.25) is 0 Å². The lowest BCUT2D eigenvalue weighted by molar-refractivity contribution is -0.141. The van der Waals surface area contributed by atoms with Gasteiger partial charge >= 0.3 is 11.9 Å². The molecule has 1 unspecified atom stereocenters. The van der Waals surface area contributed by atoms with Crippen LogP contribution in [-0.2, 0) is 9.59 Å². The molecule has 0 aromatic rings. The summed E-state index contributed by atoms with van der Waals surface area (Å²) in [5.74, 6) is -1.82. The molecule has 0 amide bonds. The van der Waals surface area contributed by atoms with Crippen molar-refractivity contribution in [1.29, 1.82) is 0 Å². The molecule has 0 aliphatic rings. The monoisotopic (exact) mass is 275 g/mol. The molecule has 0 aliphatic heterocycles. The van der Waals surface area contributed by atoms with E-state index in [9.17, 15) is 9.59 Å². The molecular weight excluding hydrogens is 246 g/mol. The van der Waals surface area contributed by atoms with Gasteiger partial charge in [0.2, 0.25) is 0 Å². The highest BCUT2D eigenvalue weighted by atomic mass is 16.4. The first-order valence-electron chi connectivity index (χ1n) is 6.79. The number of aliphatic carboxylic acids is 2. The van der Waals surface area contributed by atoms with Crippen LogP contribution in [0, 0.1) is 11.3 Å². The number of hydrogen-bond donors (Lipinski definition) is 3. The first-order chi connectivity index (χ1) is 8.65. The van der Waals surface area contributed by atoms with E-state index in [2.05, 4.69) is 19.2 Å². The van der Waals surface area contributed by atoms with Crippen LogP contribution in [0.3, 0.4) is 0 Å². The van der Waals surface area contributed by atoms with Crippen LogP contribution in [-0.4, -0.2) is 35.2 Å². The fraction of sp³-hybridized carbons (Fsp3) is 0.857. The fourth-order valence-electron chi connectivity index (χ4n) is 1.60. The first kappa shape index (κ1) is 20.2. The molecule has 0 saturated heterocycles. The molecule has 114 valence electrons. The fourth-order valence-corrected chi connectivity index (χ4v) is 1.60. The Labute approximate surface area is 116 Å². The Morgan fingerprint density at radius 3 is 1.74 bits per heavy atom. The summed E-state index contributed by atoms with van der Waals surface area (Å²) in [6.45, 7) is 12.2. The second-order valence-corrected chi connectivity index (χ2v) is 5.55. The van der Waals surface area contributed by atoms with Crippen molar-refractivity contribution >= 4 is 11.9 Å². The second kappa shape index (κ2) is 10.8. The molecule has 0 spiro atoms. The summed E-state index contributed by atoms with van der Waals surface area (Å²) >= 11 is 0. The molecule has 0 saturated carbocycles. The number of carboxylic acids is 2. The van der Waals surface area contributed by atoms with E-state index in [0.717, 1.165) is 13.1 Å². The molecular formula is C14H29NO4. The lowest BCUT2D eigenvalue weighted by Crippen LogP contribution is -2.24. The molecule has 19 heavy (non-hydrogen) atoms. The van der Waals surface area contributed by atoms with Crippen LogP contribution in [0.15, 0.2) is 0 Å². The number of carbonyl (C=O) groups is 2. The molecule has 0 aliphatic carbocycles. The molecule has 0 aromatic carbocycles. The number of hydrogen-bond acceptors (Lipinski definition) is 3. The molecule has 5 nitrogen and oxygen atoms in total. The lowest BCUT2D eigenvalue weighted by Gasteiger charge is -2.29. The summed E-state index contributed by atoms with van der Waals surface area (Å²) in [5.41, 5.74) is -0.159. The van der Waals surface area contributed by atoms with Crippen molar-refractivity contribution in [2.24, 2.45) is 11.3 Å². The number of carboxylic acid groups (broad SMARTS) is 2. The van der Waals surface area contributed by atoms with Gasteiger partial charge in [0.15, 0.2) is 0 Å². The molecule has 1 atom stereocenters. The Morgan fingerprint density at radius 2 is 1.53 bits per heavy atom. The zero-order chi connectivity index (χ0) is 15.5. The van der Waals surface area contributed by atoms with Crippen LogP contribution in [0.1, 0.15) is 53.9 Å². The smallest absolute Gasteiger partial charge is 0.303 e. The minimum atomic E-state index is -0.871. The van der Waals surface area contributed by atoms with Crippen molar-refractivity contribution in [3.8, 4) is 0 Å². The van der Waals surface area contributed by atoms with E-state index in [4.69, 9.17) is 10.2 Å². The van der Waals surface area contributed by atoms with Crippen molar-refractivity contribution in [1.82, 2.24) is 5.32 Å².